The molecule has 0 unspecified atom stereocenters. The van der Waals surface area contributed by atoms with Crippen LogP contribution in [0.1, 0.15) is 41.6 Å². The number of benzene rings is 4. The van der Waals surface area contributed by atoms with Crippen LogP contribution in [-0.2, 0) is 32.0 Å². The molecular formula is C37H38N6O7S. The van der Waals surface area contributed by atoms with Gasteiger partial charge in [-0.1, -0.05) is 85.4 Å². The second-order valence-corrected chi connectivity index (χ2v) is 13.0. The summed E-state index contributed by atoms with van der Waals surface area (Å²) in [6.45, 7) is 2.01. The van der Waals surface area contributed by atoms with Crippen molar-refractivity contribution in [3.05, 3.63) is 125 Å². The lowest BCUT2D eigenvalue weighted by atomic mass is 9.91. The number of carbonyl (C=O) groups excluding carboxylic acids is 2. The minimum atomic E-state index is -0.869. The summed E-state index contributed by atoms with van der Waals surface area (Å²) < 4.78 is 19.7. The molecule has 14 heteroatoms. The highest BCUT2D eigenvalue weighted by atomic mass is 32.2. The van der Waals surface area contributed by atoms with Crippen LogP contribution < -0.4 is 10.6 Å². The minimum absolute atomic E-state index is 0.0586. The van der Waals surface area contributed by atoms with Crippen LogP contribution in [0.25, 0.3) is 5.69 Å². The Hall–Kier alpha value is -5.28. The Labute approximate surface area is 298 Å². The number of amides is 2. The molecule has 0 bridgehead atoms. The van der Waals surface area contributed by atoms with Crippen molar-refractivity contribution in [2.45, 2.75) is 49.6 Å². The molecular weight excluding hydrogens is 673 g/mol. The predicted octanol–water partition coefficient (Wildman–Crippen LogP) is 5.35. The number of anilines is 1. The van der Waals surface area contributed by atoms with Crippen LogP contribution in [0.3, 0.4) is 0 Å². The molecule has 0 radical (unpaired) electrons. The number of esters is 1. The highest BCUT2D eigenvalue weighted by molar-refractivity contribution is 7.99. The fourth-order valence-electron chi connectivity index (χ4n) is 5.73. The standard InChI is InChI=1S/C37H38N6O7S/c1-23-32(22-51-37-40-41-42-43(37)29-16-18-30(45)19-17-29)49-35(50-33(23)26-10-8-25(21-44)9-11-26)27-12-14-28(15-13-27)38-36(47)39-31(34(46)48-2)20-24-6-4-3-5-7-24/h3-19,23,31-33,35,44-45H,20-22H2,1-2H3,(H2,38,39,47)/t23-,31+,32+,33+,35+/m1/s1. The molecule has 2 amide bonds. The van der Waals surface area contributed by atoms with Gasteiger partial charge in [0, 0.05) is 29.3 Å². The molecule has 0 aliphatic carbocycles. The van der Waals surface area contributed by atoms with E-state index in [1.54, 1.807) is 41.1 Å². The number of methoxy groups -OCH3 is 1. The lowest BCUT2D eigenvalue weighted by Crippen LogP contribution is -2.45. The normalized spacial score (nSPS) is 19.2. The van der Waals surface area contributed by atoms with Crippen LogP contribution >= 0.6 is 11.8 Å². The van der Waals surface area contributed by atoms with Gasteiger partial charge in [-0.05, 0) is 63.5 Å². The van der Waals surface area contributed by atoms with Gasteiger partial charge in [-0.15, -0.1) is 5.10 Å². The van der Waals surface area contributed by atoms with Gasteiger partial charge >= 0.3 is 12.0 Å². The second-order valence-electron chi connectivity index (χ2n) is 12.0. The summed E-state index contributed by atoms with van der Waals surface area (Å²) in [5, 5.41) is 37.5. The number of carbonyl (C=O) groups is 2. The third kappa shape index (κ3) is 8.91. The van der Waals surface area contributed by atoms with Crippen LogP contribution in [0, 0.1) is 5.92 Å². The average molecular weight is 711 g/mol. The fraction of sp³-hybridized carbons (Fsp3) is 0.270. The first kappa shape index (κ1) is 35.5. The molecule has 5 aromatic rings. The molecule has 4 N–H and O–H groups in total. The number of hydrogen-bond acceptors (Lipinski definition) is 11. The maximum Gasteiger partial charge on any atom is 0.328 e. The van der Waals surface area contributed by atoms with E-state index in [0.29, 0.717) is 22.3 Å². The number of aliphatic hydroxyl groups excluding tert-OH is 1. The molecule has 2 heterocycles. The van der Waals surface area contributed by atoms with Crippen LogP contribution in [0.2, 0.25) is 0 Å². The number of rotatable bonds is 12. The first-order valence-electron chi connectivity index (χ1n) is 16.3. The first-order chi connectivity index (χ1) is 24.8. The van der Waals surface area contributed by atoms with Gasteiger partial charge in [-0.2, -0.15) is 4.68 Å². The van der Waals surface area contributed by atoms with Crippen molar-refractivity contribution in [2.75, 3.05) is 18.2 Å². The number of phenolic OH excluding ortho intramolecular Hbond substituents is 1. The molecule has 0 saturated carbocycles. The molecule has 1 aromatic heterocycles. The number of aromatic hydroxyl groups is 1. The summed E-state index contributed by atoms with van der Waals surface area (Å²) in [4.78, 5) is 25.3. The van der Waals surface area contributed by atoms with Gasteiger partial charge in [0.05, 0.1) is 31.6 Å². The van der Waals surface area contributed by atoms with E-state index in [2.05, 4.69) is 33.1 Å². The van der Waals surface area contributed by atoms with Crippen molar-refractivity contribution >= 4 is 29.4 Å². The van der Waals surface area contributed by atoms with Crippen molar-refractivity contribution in [3.63, 3.8) is 0 Å². The zero-order valence-electron chi connectivity index (χ0n) is 28.0. The molecule has 1 aliphatic heterocycles. The van der Waals surface area contributed by atoms with Gasteiger partial charge < -0.3 is 35.1 Å². The summed E-state index contributed by atoms with van der Waals surface area (Å²) in [5.41, 5.74) is 4.59. The maximum absolute atomic E-state index is 12.9. The lowest BCUT2D eigenvalue weighted by molar-refractivity contribution is -0.268. The molecule has 1 saturated heterocycles. The van der Waals surface area contributed by atoms with Crippen LogP contribution in [0.4, 0.5) is 10.5 Å². The number of tetrazole rings is 1. The number of ether oxygens (including phenoxy) is 3. The Morgan fingerprint density at radius 1 is 0.922 bits per heavy atom. The molecule has 51 heavy (non-hydrogen) atoms. The quantitative estimate of drug-likeness (QED) is 0.0973. The largest absolute Gasteiger partial charge is 0.508 e. The fourth-order valence-corrected chi connectivity index (χ4v) is 6.78. The van der Waals surface area contributed by atoms with E-state index in [1.807, 2.05) is 66.7 Å². The number of thioether (sulfide) groups is 1. The van der Waals surface area contributed by atoms with Gasteiger partial charge in [-0.3, -0.25) is 0 Å². The summed E-state index contributed by atoms with van der Waals surface area (Å²) >= 11 is 1.44. The Morgan fingerprint density at radius 2 is 1.63 bits per heavy atom. The van der Waals surface area contributed by atoms with Crippen molar-refractivity contribution in [1.82, 2.24) is 25.5 Å². The highest BCUT2D eigenvalue weighted by Crippen LogP contribution is 2.43. The van der Waals surface area contributed by atoms with Crippen LogP contribution in [-0.4, -0.2) is 67.4 Å². The van der Waals surface area contributed by atoms with Crippen molar-refractivity contribution in [2.24, 2.45) is 5.92 Å². The maximum atomic E-state index is 12.9. The van der Waals surface area contributed by atoms with Crippen LogP contribution in [0.5, 0.6) is 5.75 Å². The molecule has 264 valence electrons. The third-order valence-corrected chi connectivity index (χ3v) is 9.56. The van der Waals surface area contributed by atoms with Crippen LogP contribution in [0.15, 0.2) is 108 Å². The lowest BCUT2D eigenvalue weighted by Gasteiger charge is -2.41. The van der Waals surface area contributed by atoms with Gasteiger partial charge in [0.25, 0.3) is 0 Å². The Bertz CT molecular complexity index is 1890. The van der Waals surface area contributed by atoms with E-state index in [1.165, 1.54) is 18.9 Å². The number of urea groups is 1. The summed E-state index contributed by atoms with van der Waals surface area (Å²) in [5.74, 6) is 0.0347. The monoisotopic (exact) mass is 710 g/mol. The highest BCUT2D eigenvalue weighted by Gasteiger charge is 2.38. The molecule has 0 spiro atoms. The number of phenols is 1. The number of hydrogen-bond donors (Lipinski definition) is 4. The van der Waals surface area contributed by atoms with E-state index in [-0.39, 0.29) is 36.9 Å². The van der Waals surface area contributed by atoms with E-state index in [0.717, 1.165) is 22.3 Å². The Balaban J connectivity index is 1.16. The molecule has 13 nitrogen and oxygen atoms in total. The van der Waals surface area contributed by atoms with Crippen molar-refractivity contribution < 1.29 is 34.0 Å². The topological polar surface area (TPSA) is 170 Å². The van der Waals surface area contributed by atoms with Crippen molar-refractivity contribution in [3.8, 4) is 11.4 Å². The van der Waals surface area contributed by atoms with Gasteiger partial charge in [0.1, 0.15) is 11.8 Å². The number of aromatic nitrogens is 4. The first-order valence-corrected chi connectivity index (χ1v) is 17.3. The van der Waals surface area contributed by atoms with E-state index < -0.39 is 24.3 Å². The number of aliphatic hydroxyl groups is 1. The zero-order chi connectivity index (χ0) is 35.7. The molecule has 6 rings (SSSR count). The predicted molar refractivity (Wildman–Crippen MR) is 189 cm³/mol. The molecule has 1 aliphatic rings. The number of nitrogens with zero attached hydrogens (tertiary/aromatic N) is 4. The van der Waals surface area contributed by atoms with E-state index >= 15 is 0 Å². The summed E-state index contributed by atoms with van der Waals surface area (Å²) in [6.07, 6.45) is -1.08. The molecule has 4 aromatic carbocycles. The van der Waals surface area contributed by atoms with Gasteiger partial charge in [-0.25, -0.2) is 9.59 Å². The SMILES string of the molecule is COC(=O)[C@H](Cc1ccccc1)NC(=O)Nc1ccc([C@H]2O[C@@H](CSc3nnnn3-c3ccc(O)cc3)[C@@H](C)[C@@H](c3ccc(CO)cc3)O2)cc1. The number of nitrogens with one attached hydrogen (secondary N) is 2. The Kier molecular flexibility index (Phi) is 11.6. The van der Waals surface area contributed by atoms with Crippen molar-refractivity contribution in [1.29, 1.82) is 0 Å². The smallest absolute Gasteiger partial charge is 0.328 e. The van der Waals surface area contributed by atoms with Gasteiger partial charge in [0.2, 0.25) is 5.16 Å². The third-order valence-electron chi connectivity index (χ3n) is 8.55. The van der Waals surface area contributed by atoms with E-state index in [4.69, 9.17) is 14.2 Å². The summed E-state index contributed by atoms with van der Waals surface area (Å²) in [7, 11) is 1.29. The van der Waals surface area contributed by atoms with Gasteiger partial charge in [0.15, 0.2) is 6.29 Å². The summed E-state index contributed by atoms with van der Waals surface area (Å²) in [6, 6.07) is 29.3. The van der Waals surface area contributed by atoms with E-state index in [9.17, 15) is 19.8 Å². The molecule has 1 fully saturated rings. The second kappa shape index (κ2) is 16.6. The Morgan fingerprint density at radius 3 is 2.31 bits per heavy atom. The molecule has 5 atom stereocenters. The minimum Gasteiger partial charge on any atom is -0.508 e. The zero-order valence-corrected chi connectivity index (χ0v) is 28.8. The average Bonchev–Trinajstić information content (AvgIpc) is 3.63.